The maximum Gasteiger partial charge on any atom is 0.338 e. The van der Waals surface area contributed by atoms with E-state index in [2.05, 4.69) is 0 Å². The molecule has 0 amide bonds. The summed E-state index contributed by atoms with van der Waals surface area (Å²) in [6, 6.07) is 5.71. The van der Waals surface area contributed by atoms with Crippen LogP contribution in [0.25, 0.3) is 0 Å². The lowest BCUT2D eigenvalue weighted by molar-refractivity contribution is -0.384. The van der Waals surface area contributed by atoms with Crippen LogP contribution in [-0.4, -0.2) is 36.4 Å². The highest BCUT2D eigenvalue weighted by molar-refractivity contribution is 6.02. The highest BCUT2D eigenvalue weighted by Gasteiger charge is 2.24. The molecule has 1 aliphatic rings. The van der Waals surface area contributed by atoms with E-state index in [9.17, 15) is 19.7 Å². The summed E-state index contributed by atoms with van der Waals surface area (Å²) in [4.78, 5) is 36.6. The van der Waals surface area contributed by atoms with Crippen molar-refractivity contribution in [3.05, 3.63) is 45.1 Å². The summed E-state index contributed by atoms with van der Waals surface area (Å²) in [6.07, 6.45) is 1.91. The van der Waals surface area contributed by atoms with Crippen LogP contribution >= 0.6 is 0 Å². The molecule has 26 heavy (non-hydrogen) atoms. The molecule has 2 N–H and O–H groups in total. The largest absolute Gasteiger partial charge is 0.454 e. The number of nitro groups is 1. The lowest BCUT2D eigenvalue weighted by Crippen LogP contribution is -2.20. The third-order valence-electron chi connectivity index (χ3n) is 3.97. The first-order chi connectivity index (χ1) is 12.3. The van der Waals surface area contributed by atoms with Gasteiger partial charge in [0.15, 0.2) is 6.61 Å². The predicted molar refractivity (Wildman–Crippen MR) is 92.3 cm³/mol. The van der Waals surface area contributed by atoms with Crippen molar-refractivity contribution in [1.29, 1.82) is 5.26 Å². The van der Waals surface area contributed by atoms with Crippen LogP contribution < -0.4 is 10.6 Å². The molecule has 1 aromatic carbocycles. The number of nitrogens with two attached hydrogens (primary N) is 1. The fourth-order valence-corrected chi connectivity index (χ4v) is 2.68. The van der Waals surface area contributed by atoms with Gasteiger partial charge in [-0.2, -0.15) is 5.26 Å². The quantitative estimate of drug-likeness (QED) is 0.266. The number of ketones is 1. The highest BCUT2D eigenvalue weighted by Crippen LogP contribution is 2.31. The molecule has 1 fully saturated rings. The Balaban J connectivity index is 2.16. The smallest absolute Gasteiger partial charge is 0.338 e. The Kier molecular flexibility index (Phi) is 5.90. The Morgan fingerprint density at radius 2 is 2.04 bits per heavy atom. The van der Waals surface area contributed by atoms with Gasteiger partial charge in [0.1, 0.15) is 17.3 Å². The third-order valence-corrected chi connectivity index (χ3v) is 3.97. The number of ether oxygens (including phenoxy) is 1. The van der Waals surface area contributed by atoms with Crippen molar-refractivity contribution in [2.75, 3.05) is 24.6 Å². The standard InChI is InChI=1S/C17H18N4O5/c1-11(19)13(9-18)16(22)10-26-17(23)12-4-5-14(15(8-12)21(24)25)20-6-2-3-7-20/h4-5,8H,2-3,6-7,10,19H2,1H3. The van der Waals surface area contributed by atoms with Crippen LogP contribution in [0.3, 0.4) is 0 Å². The number of rotatable bonds is 6. The summed E-state index contributed by atoms with van der Waals surface area (Å²) in [5, 5.41) is 20.2. The van der Waals surface area contributed by atoms with Gasteiger partial charge in [0.2, 0.25) is 5.78 Å². The molecule has 1 aromatic rings. The Labute approximate surface area is 149 Å². The molecule has 0 aliphatic carbocycles. The van der Waals surface area contributed by atoms with Gasteiger partial charge in [-0.25, -0.2) is 4.79 Å². The fraction of sp³-hybridized carbons (Fsp3) is 0.353. The summed E-state index contributed by atoms with van der Waals surface area (Å²) in [5.74, 6) is -1.62. The average Bonchev–Trinajstić information content (AvgIpc) is 3.13. The van der Waals surface area contributed by atoms with Crippen molar-refractivity contribution >= 4 is 23.1 Å². The maximum atomic E-state index is 12.1. The van der Waals surface area contributed by atoms with E-state index >= 15 is 0 Å². The number of Topliss-reactive ketones (excluding diaryl/α,β-unsaturated/α-hetero) is 1. The van der Waals surface area contributed by atoms with Crippen molar-refractivity contribution in [2.24, 2.45) is 5.73 Å². The van der Waals surface area contributed by atoms with Crippen LogP contribution in [0.1, 0.15) is 30.1 Å². The van der Waals surface area contributed by atoms with Gasteiger partial charge < -0.3 is 15.4 Å². The van der Waals surface area contributed by atoms with Crippen LogP contribution in [0, 0.1) is 21.4 Å². The molecule has 1 saturated heterocycles. The van der Waals surface area contributed by atoms with E-state index in [0.717, 1.165) is 32.0 Å². The zero-order valence-corrected chi connectivity index (χ0v) is 14.2. The van der Waals surface area contributed by atoms with Crippen LogP contribution in [0.2, 0.25) is 0 Å². The number of carbonyl (C=O) groups excluding carboxylic acids is 2. The molecule has 0 aromatic heterocycles. The van der Waals surface area contributed by atoms with Crippen molar-refractivity contribution in [1.82, 2.24) is 0 Å². The molecule has 0 unspecified atom stereocenters. The molecular weight excluding hydrogens is 340 g/mol. The lowest BCUT2D eigenvalue weighted by Gasteiger charge is -2.17. The molecule has 2 rings (SSSR count). The SMILES string of the molecule is CC(N)=C(C#N)C(=O)COC(=O)c1ccc(N2CCCC2)c([N+](=O)[O-])c1. The van der Waals surface area contributed by atoms with Crippen molar-refractivity contribution in [3.63, 3.8) is 0 Å². The number of allylic oxidation sites excluding steroid dienone is 1. The first-order valence-corrected chi connectivity index (χ1v) is 7.95. The molecule has 0 bridgehead atoms. The van der Waals surface area contributed by atoms with Crippen molar-refractivity contribution in [2.45, 2.75) is 19.8 Å². The number of nitro benzene ring substituents is 1. The van der Waals surface area contributed by atoms with E-state index in [4.69, 9.17) is 15.7 Å². The topological polar surface area (TPSA) is 140 Å². The van der Waals surface area contributed by atoms with E-state index in [0.29, 0.717) is 5.69 Å². The monoisotopic (exact) mass is 358 g/mol. The summed E-state index contributed by atoms with van der Waals surface area (Å²) in [6.45, 7) is 2.17. The second kappa shape index (κ2) is 8.11. The van der Waals surface area contributed by atoms with Crippen molar-refractivity contribution in [3.8, 4) is 6.07 Å². The molecule has 1 heterocycles. The summed E-state index contributed by atoms with van der Waals surface area (Å²) >= 11 is 0. The van der Waals surface area contributed by atoms with Gasteiger partial charge >= 0.3 is 5.97 Å². The molecule has 0 saturated carbocycles. The Hall–Kier alpha value is -3.41. The van der Waals surface area contributed by atoms with Crippen LogP contribution in [0.5, 0.6) is 0 Å². The summed E-state index contributed by atoms with van der Waals surface area (Å²) < 4.78 is 4.86. The van der Waals surface area contributed by atoms with E-state index in [-0.39, 0.29) is 22.5 Å². The minimum Gasteiger partial charge on any atom is -0.454 e. The van der Waals surface area contributed by atoms with Gasteiger partial charge in [-0.05, 0) is 31.9 Å². The zero-order valence-electron chi connectivity index (χ0n) is 14.2. The van der Waals surface area contributed by atoms with E-state index < -0.39 is 23.3 Å². The minimum absolute atomic E-state index is 0.0270. The molecule has 9 heteroatoms. The van der Waals surface area contributed by atoms with Gasteiger partial charge in [-0.1, -0.05) is 0 Å². The molecule has 0 spiro atoms. The molecule has 1 aliphatic heterocycles. The number of esters is 1. The number of hydrogen-bond donors (Lipinski definition) is 1. The first kappa shape index (κ1) is 18.9. The predicted octanol–water partition coefficient (Wildman–Crippen LogP) is 1.68. The molecule has 0 atom stereocenters. The fourth-order valence-electron chi connectivity index (χ4n) is 2.68. The number of anilines is 1. The highest BCUT2D eigenvalue weighted by atomic mass is 16.6. The van der Waals surface area contributed by atoms with Gasteiger partial charge in [-0.15, -0.1) is 0 Å². The number of carbonyl (C=O) groups is 2. The summed E-state index contributed by atoms with van der Waals surface area (Å²) in [7, 11) is 0. The third kappa shape index (κ3) is 4.16. The van der Waals surface area contributed by atoms with Gasteiger partial charge in [-0.3, -0.25) is 14.9 Å². The number of benzene rings is 1. The maximum absolute atomic E-state index is 12.1. The van der Waals surface area contributed by atoms with E-state index in [1.807, 2.05) is 4.90 Å². The molecular formula is C17H18N4O5. The van der Waals surface area contributed by atoms with E-state index in [1.165, 1.54) is 19.1 Å². The zero-order chi connectivity index (χ0) is 19.3. The molecule has 136 valence electrons. The number of nitriles is 1. The van der Waals surface area contributed by atoms with E-state index in [1.54, 1.807) is 6.07 Å². The lowest BCUT2D eigenvalue weighted by atomic mass is 10.1. The Morgan fingerprint density at radius 1 is 1.38 bits per heavy atom. The number of hydrogen-bond acceptors (Lipinski definition) is 8. The second-order valence-corrected chi connectivity index (χ2v) is 5.82. The van der Waals surface area contributed by atoms with Crippen LogP contribution in [0.15, 0.2) is 29.5 Å². The average molecular weight is 358 g/mol. The molecule has 0 radical (unpaired) electrons. The Morgan fingerprint density at radius 3 is 2.58 bits per heavy atom. The van der Waals surface area contributed by atoms with Crippen LogP contribution in [0.4, 0.5) is 11.4 Å². The van der Waals surface area contributed by atoms with Gasteiger partial charge in [0.25, 0.3) is 5.69 Å². The number of nitrogens with zero attached hydrogens (tertiary/aromatic N) is 3. The second-order valence-electron chi connectivity index (χ2n) is 5.82. The normalized spacial score (nSPS) is 14.4. The van der Waals surface area contributed by atoms with Gasteiger partial charge in [0.05, 0.1) is 10.5 Å². The van der Waals surface area contributed by atoms with Gasteiger partial charge in [0, 0.05) is 24.9 Å². The molecule has 9 nitrogen and oxygen atoms in total. The van der Waals surface area contributed by atoms with Crippen molar-refractivity contribution < 1.29 is 19.2 Å². The minimum atomic E-state index is -0.888. The Bertz CT molecular complexity index is 815. The van der Waals surface area contributed by atoms with Crippen LogP contribution in [-0.2, 0) is 9.53 Å². The summed E-state index contributed by atoms with van der Waals surface area (Å²) in [5.41, 5.74) is 5.37. The first-order valence-electron chi connectivity index (χ1n) is 7.95.